The van der Waals surface area contributed by atoms with Gasteiger partial charge in [0.05, 0.1) is 0 Å². The van der Waals surface area contributed by atoms with E-state index in [-0.39, 0.29) is 18.1 Å². The highest BCUT2D eigenvalue weighted by molar-refractivity contribution is 6.12. The van der Waals surface area contributed by atoms with Gasteiger partial charge in [-0.3, -0.25) is 19.3 Å². The SMILES string of the molecule is CC(=O)N1CC(=O)N/C(=C\c2ccccc2)C1=O. The van der Waals surface area contributed by atoms with Gasteiger partial charge in [0.25, 0.3) is 5.91 Å². The summed E-state index contributed by atoms with van der Waals surface area (Å²) < 4.78 is 0. The molecule has 92 valence electrons. The van der Waals surface area contributed by atoms with Crippen molar-refractivity contribution in [1.82, 2.24) is 10.2 Å². The summed E-state index contributed by atoms with van der Waals surface area (Å²) in [6.45, 7) is 1.04. The fourth-order valence-electron chi connectivity index (χ4n) is 1.67. The van der Waals surface area contributed by atoms with E-state index in [2.05, 4.69) is 5.32 Å². The van der Waals surface area contributed by atoms with E-state index in [1.165, 1.54) is 6.92 Å². The van der Waals surface area contributed by atoms with Crippen LogP contribution in [-0.4, -0.2) is 29.2 Å². The highest BCUT2D eigenvalue weighted by Crippen LogP contribution is 2.11. The average molecular weight is 244 g/mol. The van der Waals surface area contributed by atoms with Gasteiger partial charge >= 0.3 is 0 Å². The van der Waals surface area contributed by atoms with Crippen molar-refractivity contribution < 1.29 is 14.4 Å². The molecule has 5 nitrogen and oxygen atoms in total. The van der Waals surface area contributed by atoms with Gasteiger partial charge in [-0.05, 0) is 11.6 Å². The third-order valence-electron chi connectivity index (χ3n) is 2.54. The molecule has 1 aromatic carbocycles. The molecule has 0 spiro atoms. The summed E-state index contributed by atoms with van der Waals surface area (Å²) in [6.07, 6.45) is 1.55. The monoisotopic (exact) mass is 244 g/mol. The average Bonchev–Trinajstić information content (AvgIpc) is 2.34. The number of piperazine rings is 1. The number of hydrogen-bond donors (Lipinski definition) is 1. The summed E-state index contributed by atoms with van der Waals surface area (Å²) >= 11 is 0. The predicted molar refractivity (Wildman–Crippen MR) is 65.0 cm³/mol. The molecule has 1 saturated heterocycles. The van der Waals surface area contributed by atoms with E-state index in [1.54, 1.807) is 18.2 Å². The number of carbonyl (C=O) groups is 3. The highest BCUT2D eigenvalue weighted by Gasteiger charge is 2.30. The molecule has 5 heteroatoms. The van der Waals surface area contributed by atoms with Crippen LogP contribution in [0.4, 0.5) is 0 Å². The zero-order valence-corrected chi connectivity index (χ0v) is 9.84. The van der Waals surface area contributed by atoms with Crippen molar-refractivity contribution in [2.24, 2.45) is 0 Å². The normalized spacial score (nSPS) is 17.8. The fourth-order valence-corrected chi connectivity index (χ4v) is 1.67. The Balaban J connectivity index is 2.32. The fraction of sp³-hybridized carbons (Fsp3) is 0.154. The number of carbonyl (C=O) groups excluding carboxylic acids is 3. The number of nitrogens with zero attached hydrogens (tertiary/aromatic N) is 1. The number of benzene rings is 1. The minimum atomic E-state index is -0.481. The summed E-state index contributed by atoms with van der Waals surface area (Å²) in [6, 6.07) is 9.11. The molecule has 0 unspecified atom stereocenters. The van der Waals surface area contributed by atoms with Crippen LogP contribution in [0.25, 0.3) is 6.08 Å². The van der Waals surface area contributed by atoms with Gasteiger partial charge in [0, 0.05) is 6.92 Å². The van der Waals surface area contributed by atoms with Crippen LogP contribution in [0.1, 0.15) is 12.5 Å². The van der Waals surface area contributed by atoms with Crippen LogP contribution in [0.5, 0.6) is 0 Å². The molecule has 0 aliphatic carbocycles. The first-order valence-corrected chi connectivity index (χ1v) is 5.47. The van der Waals surface area contributed by atoms with Crippen molar-refractivity contribution in [2.75, 3.05) is 6.54 Å². The van der Waals surface area contributed by atoms with E-state index < -0.39 is 11.8 Å². The molecule has 1 heterocycles. The Bertz CT molecular complexity index is 534. The molecule has 1 aromatic rings. The molecular formula is C13H12N2O3. The summed E-state index contributed by atoms with van der Waals surface area (Å²) in [5.41, 5.74) is 0.902. The van der Waals surface area contributed by atoms with Crippen LogP contribution in [0.15, 0.2) is 36.0 Å². The first-order valence-electron chi connectivity index (χ1n) is 5.47. The number of rotatable bonds is 1. The molecule has 0 bridgehead atoms. The standard InChI is InChI=1S/C13H12N2O3/c1-9(16)15-8-12(17)14-11(13(15)18)7-10-5-3-2-4-6-10/h2-7H,8H2,1H3,(H,14,17)/b11-7-. The lowest BCUT2D eigenvalue weighted by Gasteiger charge is -2.25. The lowest BCUT2D eigenvalue weighted by molar-refractivity contribution is -0.147. The van der Waals surface area contributed by atoms with Gasteiger partial charge in [0.2, 0.25) is 11.8 Å². The third kappa shape index (κ3) is 2.45. The minimum absolute atomic E-state index is 0.118. The Morgan fingerprint density at radius 1 is 1.28 bits per heavy atom. The number of hydrogen-bond acceptors (Lipinski definition) is 3. The maximum atomic E-state index is 11.9. The van der Waals surface area contributed by atoms with Gasteiger partial charge in [0.15, 0.2) is 0 Å². The van der Waals surface area contributed by atoms with Crippen LogP contribution in [-0.2, 0) is 14.4 Å². The lowest BCUT2D eigenvalue weighted by Crippen LogP contribution is -2.51. The highest BCUT2D eigenvalue weighted by atomic mass is 16.2. The van der Waals surface area contributed by atoms with Gasteiger partial charge in [-0.2, -0.15) is 0 Å². The Morgan fingerprint density at radius 2 is 1.94 bits per heavy atom. The maximum absolute atomic E-state index is 11.9. The molecule has 1 aliphatic heterocycles. The molecule has 0 aromatic heterocycles. The van der Waals surface area contributed by atoms with Crippen LogP contribution in [0.2, 0.25) is 0 Å². The molecule has 2 rings (SSSR count). The minimum Gasteiger partial charge on any atom is -0.320 e. The summed E-state index contributed by atoms with van der Waals surface area (Å²) in [7, 11) is 0. The first kappa shape index (κ1) is 12.0. The van der Waals surface area contributed by atoms with E-state index in [9.17, 15) is 14.4 Å². The Morgan fingerprint density at radius 3 is 2.56 bits per heavy atom. The molecule has 0 atom stereocenters. The van der Waals surface area contributed by atoms with Crippen LogP contribution in [0.3, 0.4) is 0 Å². The van der Waals surface area contributed by atoms with Gasteiger partial charge in [-0.25, -0.2) is 0 Å². The van der Waals surface area contributed by atoms with Crippen LogP contribution < -0.4 is 5.32 Å². The van der Waals surface area contributed by atoms with Crippen LogP contribution in [0, 0.1) is 0 Å². The second-order valence-electron chi connectivity index (χ2n) is 3.93. The molecule has 1 fully saturated rings. The zero-order chi connectivity index (χ0) is 13.1. The van der Waals surface area contributed by atoms with Gasteiger partial charge in [0.1, 0.15) is 12.2 Å². The number of nitrogens with one attached hydrogen (secondary N) is 1. The third-order valence-corrected chi connectivity index (χ3v) is 2.54. The number of amides is 3. The summed E-state index contributed by atoms with van der Waals surface area (Å²) in [5.74, 6) is -1.29. The van der Waals surface area contributed by atoms with Crippen molar-refractivity contribution in [2.45, 2.75) is 6.92 Å². The number of imide groups is 1. The Labute approximate surface area is 104 Å². The largest absolute Gasteiger partial charge is 0.320 e. The van der Waals surface area contributed by atoms with Crippen molar-refractivity contribution in [3.8, 4) is 0 Å². The van der Waals surface area contributed by atoms with Gasteiger partial charge in [-0.15, -0.1) is 0 Å². The molecule has 1 N–H and O–H groups in total. The lowest BCUT2D eigenvalue weighted by atomic mass is 10.1. The summed E-state index contributed by atoms with van der Waals surface area (Å²) in [5, 5.41) is 2.48. The van der Waals surface area contributed by atoms with E-state index in [4.69, 9.17) is 0 Å². The topological polar surface area (TPSA) is 66.5 Å². The van der Waals surface area contributed by atoms with E-state index in [0.29, 0.717) is 0 Å². The van der Waals surface area contributed by atoms with Crippen molar-refractivity contribution >= 4 is 23.8 Å². The molecule has 0 saturated carbocycles. The van der Waals surface area contributed by atoms with Crippen molar-refractivity contribution in [3.63, 3.8) is 0 Å². The molecular weight excluding hydrogens is 232 g/mol. The van der Waals surface area contributed by atoms with Crippen molar-refractivity contribution in [3.05, 3.63) is 41.6 Å². The summed E-state index contributed by atoms with van der Waals surface area (Å²) in [4.78, 5) is 35.5. The van der Waals surface area contributed by atoms with Gasteiger partial charge < -0.3 is 5.32 Å². The second-order valence-corrected chi connectivity index (χ2v) is 3.93. The molecule has 18 heavy (non-hydrogen) atoms. The Hall–Kier alpha value is -2.43. The first-order chi connectivity index (χ1) is 8.58. The van der Waals surface area contributed by atoms with E-state index in [1.807, 2.05) is 18.2 Å². The quantitative estimate of drug-likeness (QED) is 0.733. The maximum Gasteiger partial charge on any atom is 0.277 e. The predicted octanol–water partition coefficient (Wildman–Crippen LogP) is 0.532. The second kappa shape index (κ2) is 4.83. The Kier molecular flexibility index (Phi) is 3.23. The van der Waals surface area contributed by atoms with E-state index >= 15 is 0 Å². The van der Waals surface area contributed by atoms with Crippen LogP contribution >= 0.6 is 0 Å². The van der Waals surface area contributed by atoms with Gasteiger partial charge in [-0.1, -0.05) is 30.3 Å². The molecule has 1 aliphatic rings. The van der Waals surface area contributed by atoms with E-state index in [0.717, 1.165) is 10.5 Å². The zero-order valence-electron chi connectivity index (χ0n) is 9.84. The van der Waals surface area contributed by atoms with Crippen molar-refractivity contribution in [1.29, 1.82) is 0 Å². The molecule has 3 amide bonds. The smallest absolute Gasteiger partial charge is 0.277 e. The molecule has 0 radical (unpaired) electrons.